The third kappa shape index (κ3) is 5.68. The molecule has 5 nitrogen and oxygen atoms in total. The highest BCUT2D eigenvalue weighted by Crippen LogP contribution is 2.16. The lowest BCUT2D eigenvalue weighted by atomic mass is 10.2. The van der Waals surface area contributed by atoms with Crippen molar-refractivity contribution in [1.82, 2.24) is 19.6 Å². The molecular formula is C18H36N4O. The number of ether oxygens (including phenoxy) is 1. The molecule has 0 spiro atoms. The fourth-order valence-electron chi connectivity index (χ4n) is 4.24. The quantitative estimate of drug-likeness (QED) is 0.666. The largest absolute Gasteiger partial charge is 0.379 e. The van der Waals surface area contributed by atoms with Crippen molar-refractivity contribution >= 4 is 0 Å². The monoisotopic (exact) mass is 324 g/mol. The SMILES string of the molecule is C[C@H]1CCCN1CCCN1CCN(CCCN2CCOCC2)C1. The lowest BCUT2D eigenvalue weighted by molar-refractivity contribution is 0.0362. The Bertz CT molecular complexity index is 335. The fraction of sp³-hybridized carbons (Fsp3) is 1.00. The molecule has 0 bridgehead atoms. The van der Waals surface area contributed by atoms with Crippen LogP contribution in [0.15, 0.2) is 0 Å². The van der Waals surface area contributed by atoms with Crippen molar-refractivity contribution < 1.29 is 4.74 Å². The van der Waals surface area contributed by atoms with Crippen LogP contribution in [0.5, 0.6) is 0 Å². The minimum absolute atomic E-state index is 0.824. The molecule has 3 aliphatic heterocycles. The van der Waals surface area contributed by atoms with Crippen LogP contribution in [-0.4, -0.2) is 104 Å². The second-order valence-corrected chi connectivity index (χ2v) is 7.57. The molecule has 3 rings (SSSR count). The van der Waals surface area contributed by atoms with Gasteiger partial charge < -0.3 is 9.64 Å². The van der Waals surface area contributed by atoms with E-state index in [-0.39, 0.29) is 0 Å². The summed E-state index contributed by atoms with van der Waals surface area (Å²) < 4.78 is 5.41. The van der Waals surface area contributed by atoms with E-state index in [1.165, 1.54) is 78.2 Å². The summed E-state index contributed by atoms with van der Waals surface area (Å²) in [5.41, 5.74) is 0. The van der Waals surface area contributed by atoms with Crippen LogP contribution >= 0.6 is 0 Å². The van der Waals surface area contributed by atoms with Crippen molar-refractivity contribution in [2.24, 2.45) is 0 Å². The Hall–Kier alpha value is -0.200. The molecule has 0 amide bonds. The molecule has 0 aromatic heterocycles. The molecule has 0 aliphatic carbocycles. The molecule has 0 aromatic carbocycles. The van der Waals surface area contributed by atoms with Crippen LogP contribution in [0.25, 0.3) is 0 Å². The number of hydrogen-bond acceptors (Lipinski definition) is 5. The highest BCUT2D eigenvalue weighted by molar-refractivity contribution is 4.77. The minimum atomic E-state index is 0.824. The zero-order chi connectivity index (χ0) is 15.9. The van der Waals surface area contributed by atoms with Crippen molar-refractivity contribution in [3.63, 3.8) is 0 Å². The van der Waals surface area contributed by atoms with E-state index in [4.69, 9.17) is 4.74 Å². The van der Waals surface area contributed by atoms with Crippen molar-refractivity contribution in [3.8, 4) is 0 Å². The van der Waals surface area contributed by atoms with E-state index in [9.17, 15) is 0 Å². The van der Waals surface area contributed by atoms with Gasteiger partial charge in [-0.2, -0.15) is 0 Å². The minimum Gasteiger partial charge on any atom is -0.379 e. The summed E-state index contributed by atoms with van der Waals surface area (Å²) in [6.07, 6.45) is 5.45. The van der Waals surface area contributed by atoms with Gasteiger partial charge in [-0.05, 0) is 52.2 Å². The van der Waals surface area contributed by atoms with Gasteiger partial charge in [0.05, 0.1) is 19.9 Å². The number of rotatable bonds is 8. The van der Waals surface area contributed by atoms with Crippen molar-refractivity contribution in [2.45, 2.75) is 38.6 Å². The van der Waals surface area contributed by atoms with Gasteiger partial charge in [0.2, 0.25) is 0 Å². The molecule has 3 heterocycles. The molecule has 0 aromatic rings. The smallest absolute Gasteiger partial charge is 0.0594 e. The molecule has 3 aliphatic rings. The predicted octanol–water partition coefficient (Wildman–Crippen LogP) is 1.16. The Morgan fingerprint density at radius 3 is 2.09 bits per heavy atom. The molecule has 134 valence electrons. The Labute approximate surface area is 142 Å². The predicted molar refractivity (Wildman–Crippen MR) is 94.8 cm³/mol. The highest BCUT2D eigenvalue weighted by atomic mass is 16.5. The van der Waals surface area contributed by atoms with Gasteiger partial charge in [-0.3, -0.25) is 14.7 Å². The molecule has 5 heteroatoms. The van der Waals surface area contributed by atoms with Crippen LogP contribution in [0.3, 0.4) is 0 Å². The van der Waals surface area contributed by atoms with Crippen molar-refractivity contribution in [3.05, 3.63) is 0 Å². The Morgan fingerprint density at radius 1 is 0.783 bits per heavy atom. The van der Waals surface area contributed by atoms with E-state index < -0.39 is 0 Å². The number of morpholine rings is 1. The number of nitrogens with zero attached hydrogens (tertiary/aromatic N) is 4. The van der Waals surface area contributed by atoms with Crippen molar-refractivity contribution in [2.75, 3.05) is 78.8 Å². The maximum Gasteiger partial charge on any atom is 0.0594 e. The summed E-state index contributed by atoms with van der Waals surface area (Å²) in [7, 11) is 0. The van der Waals surface area contributed by atoms with E-state index >= 15 is 0 Å². The molecule has 23 heavy (non-hydrogen) atoms. The summed E-state index contributed by atoms with van der Waals surface area (Å²) in [4.78, 5) is 10.5. The van der Waals surface area contributed by atoms with Gasteiger partial charge >= 0.3 is 0 Å². The van der Waals surface area contributed by atoms with Crippen LogP contribution in [0.1, 0.15) is 32.6 Å². The first-order valence-electron chi connectivity index (χ1n) is 9.80. The second kappa shape index (κ2) is 9.33. The van der Waals surface area contributed by atoms with Gasteiger partial charge in [-0.25, -0.2) is 0 Å². The average molecular weight is 325 g/mol. The maximum atomic E-state index is 5.41. The van der Waals surface area contributed by atoms with Crippen LogP contribution in [0.4, 0.5) is 0 Å². The van der Waals surface area contributed by atoms with Crippen LogP contribution in [-0.2, 0) is 4.74 Å². The highest BCUT2D eigenvalue weighted by Gasteiger charge is 2.22. The molecular weight excluding hydrogens is 288 g/mol. The standard InChI is InChI=1S/C18H36N4O/c1-18-5-2-9-22(18)10-4-8-21-12-11-20(17-21)7-3-6-19-13-15-23-16-14-19/h18H,2-17H2,1H3/t18-/m0/s1. The van der Waals surface area contributed by atoms with Gasteiger partial charge in [0.15, 0.2) is 0 Å². The first-order chi connectivity index (χ1) is 11.3. The molecule has 3 saturated heterocycles. The van der Waals surface area contributed by atoms with E-state index in [1.54, 1.807) is 0 Å². The third-order valence-corrected chi connectivity index (χ3v) is 5.80. The van der Waals surface area contributed by atoms with Gasteiger partial charge in [0, 0.05) is 45.3 Å². The molecule has 0 saturated carbocycles. The fourth-order valence-corrected chi connectivity index (χ4v) is 4.24. The third-order valence-electron chi connectivity index (χ3n) is 5.80. The molecule has 0 unspecified atom stereocenters. The Kier molecular flexibility index (Phi) is 7.14. The summed E-state index contributed by atoms with van der Waals surface area (Å²) in [5.74, 6) is 0. The van der Waals surface area contributed by atoms with Gasteiger partial charge in [-0.15, -0.1) is 0 Å². The average Bonchev–Trinajstić information content (AvgIpc) is 3.18. The van der Waals surface area contributed by atoms with E-state index in [0.29, 0.717) is 0 Å². The number of hydrogen-bond donors (Lipinski definition) is 0. The van der Waals surface area contributed by atoms with Gasteiger partial charge in [0.1, 0.15) is 0 Å². The Balaban J connectivity index is 1.22. The second-order valence-electron chi connectivity index (χ2n) is 7.57. The summed E-state index contributed by atoms with van der Waals surface area (Å²) in [6.45, 7) is 16.6. The molecule has 0 radical (unpaired) electrons. The van der Waals surface area contributed by atoms with Crippen LogP contribution < -0.4 is 0 Å². The van der Waals surface area contributed by atoms with Crippen LogP contribution in [0.2, 0.25) is 0 Å². The number of likely N-dealkylation sites (tertiary alicyclic amines) is 1. The molecule has 3 fully saturated rings. The zero-order valence-electron chi connectivity index (χ0n) is 15.1. The summed E-state index contributed by atoms with van der Waals surface area (Å²) in [5, 5.41) is 0. The Morgan fingerprint density at radius 2 is 1.43 bits per heavy atom. The molecule has 0 N–H and O–H groups in total. The van der Waals surface area contributed by atoms with E-state index in [1.807, 2.05) is 0 Å². The van der Waals surface area contributed by atoms with E-state index in [2.05, 4.69) is 26.5 Å². The maximum absolute atomic E-state index is 5.41. The lowest BCUT2D eigenvalue weighted by Crippen LogP contribution is -2.38. The molecule has 1 atom stereocenters. The van der Waals surface area contributed by atoms with Crippen LogP contribution in [0, 0.1) is 0 Å². The summed E-state index contributed by atoms with van der Waals surface area (Å²) in [6, 6.07) is 0.824. The van der Waals surface area contributed by atoms with E-state index in [0.717, 1.165) is 32.3 Å². The normalized spacial score (nSPS) is 28.8. The van der Waals surface area contributed by atoms with Crippen molar-refractivity contribution in [1.29, 1.82) is 0 Å². The van der Waals surface area contributed by atoms with Gasteiger partial charge in [-0.1, -0.05) is 0 Å². The lowest BCUT2D eigenvalue weighted by Gasteiger charge is -2.27. The summed E-state index contributed by atoms with van der Waals surface area (Å²) >= 11 is 0. The first-order valence-corrected chi connectivity index (χ1v) is 9.80. The zero-order valence-corrected chi connectivity index (χ0v) is 15.1. The first kappa shape index (κ1) is 17.6. The van der Waals surface area contributed by atoms with Gasteiger partial charge in [0.25, 0.3) is 0 Å². The topological polar surface area (TPSA) is 22.2 Å².